The Morgan fingerprint density at radius 1 is 1.50 bits per heavy atom. The van der Waals surface area contributed by atoms with Crippen molar-refractivity contribution in [2.75, 3.05) is 19.6 Å². The fourth-order valence-corrected chi connectivity index (χ4v) is 2.81. The first kappa shape index (κ1) is 15.0. The molecule has 0 spiro atoms. The van der Waals surface area contributed by atoms with Crippen molar-refractivity contribution in [3.05, 3.63) is 17.0 Å². The van der Waals surface area contributed by atoms with Crippen LogP contribution >= 0.6 is 0 Å². The molecule has 112 valence electrons. The van der Waals surface area contributed by atoms with Gasteiger partial charge in [0.1, 0.15) is 0 Å². The van der Waals surface area contributed by atoms with Gasteiger partial charge in [0.2, 0.25) is 0 Å². The molecule has 1 aromatic rings. The molecule has 1 amide bonds. The second-order valence-electron chi connectivity index (χ2n) is 6.09. The molecule has 1 aromatic heterocycles. The van der Waals surface area contributed by atoms with E-state index in [1.54, 1.807) is 4.68 Å². The van der Waals surface area contributed by atoms with Crippen molar-refractivity contribution >= 4 is 5.91 Å². The molecule has 20 heavy (non-hydrogen) atoms. The summed E-state index contributed by atoms with van der Waals surface area (Å²) in [4.78, 5) is 14.6. The lowest BCUT2D eigenvalue weighted by Crippen LogP contribution is -2.56. The first-order valence-corrected chi connectivity index (χ1v) is 6.92. The van der Waals surface area contributed by atoms with Crippen LogP contribution in [0.1, 0.15) is 35.6 Å². The van der Waals surface area contributed by atoms with Crippen LogP contribution in [-0.4, -0.2) is 51.9 Å². The molecule has 6 nitrogen and oxygen atoms in total. The normalized spacial score (nSPS) is 22.1. The summed E-state index contributed by atoms with van der Waals surface area (Å²) in [7, 11) is 1.85. The Morgan fingerprint density at radius 3 is 2.65 bits per heavy atom. The summed E-state index contributed by atoms with van der Waals surface area (Å²) in [6, 6.07) is 0. The Hall–Kier alpha value is -1.40. The molecule has 1 aliphatic heterocycles. The summed E-state index contributed by atoms with van der Waals surface area (Å²) in [5, 5.41) is 4.32. The summed E-state index contributed by atoms with van der Waals surface area (Å²) < 4.78 is 7.61. The number of rotatable bonds is 2. The lowest BCUT2D eigenvalue weighted by Gasteiger charge is -2.42. The van der Waals surface area contributed by atoms with Crippen LogP contribution < -0.4 is 5.73 Å². The molecule has 2 heterocycles. The lowest BCUT2D eigenvalue weighted by atomic mass is 10.0. The quantitative estimate of drug-likeness (QED) is 0.861. The van der Waals surface area contributed by atoms with E-state index in [2.05, 4.69) is 5.10 Å². The second kappa shape index (κ2) is 5.18. The monoisotopic (exact) mass is 280 g/mol. The third-order valence-corrected chi connectivity index (χ3v) is 3.75. The highest BCUT2D eigenvalue weighted by atomic mass is 16.5. The van der Waals surface area contributed by atoms with Crippen molar-refractivity contribution in [3.8, 4) is 0 Å². The van der Waals surface area contributed by atoms with Crippen molar-refractivity contribution in [1.82, 2.24) is 14.7 Å². The topological polar surface area (TPSA) is 73.4 Å². The zero-order chi connectivity index (χ0) is 15.1. The first-order chi connectivity index (χ1) is 9.25. The van der Waals surface area contributed by atoms with Crippen LogP contribution in [0.4, 0.5) is 0 Å². The third-order valence-electron chi connectivity index (χ3n) is 3.75. The summed E-state index contributed by atoms with van der Waals surface area (Å²) in [6.07, 6.45) is -0.111. The Morgan fingerprint density at radius 2 is 2.15 bits per heavy atom. The number of ether oxygens (including phenoxy) is 1. The Kier molecular flexibility index (Phi) is 3.88. The highest BCUT2D eigenvalue weighted by molar-refractivity contribution is 5.96. The smallest absolute Gasteiger partial charge is 0.257 e. The molecule has 1 saturated heterocycles. The number of aromatic nitrogens is 2. The summed E-state index contributed by atoms with van der Waals surface area (Å²) in [5.74, 6) is 0.0166. The van der Waals surface area contributed by atoms with Gasteiger partial charge in [0.25, 0.3) is 5.91 Å². The Balaban J connectivity index is 2.28. The largest absolute Gasteiger partial charge is 0.367 e. The van der Waals surface area contributed by atoms with Gasteiger partial charge in [-0.25, -0.2) is 0 Å². The van der Waals surface area contributed by atoms with E-state index in [9.17, 15) is 4.79 Å². The highest BCUT2D eigenvalue weighted by Gasteiger charge is 2.36. The maximum absolute atomic E-state index is 12.8. The number of hydrogen-bond donors (Lipinski definition) is 1. The fraction of sp³-hybridized carbons (Fsp3) is 0.714. The van der Waals surface area contributed by atoms with Crippen molar-refractivity contribution in [3.63, 3.8) is 0 Å². The van der Waals surface area contributed by atoms with E-state index in [0.29, 0.717) is 25.2 Å². The van der Waals surface area contributed by atoms with Crippen LogP contribution in [0.2, 0.25) is 0 Å². The molecule has 6 heteroatoms. The van der Waals surface area contributed by atoms with Gasteiger partial charge < -0.3 is 15.4 Å². The average Bonchev–Trinajstić information content (AvgIpc) is 2.60. The first-order valence-electron chi connectivity index (χ1n) is 6.92. The van der Waals surface area contributed by atoms with Crippen LogP contribution in [0, 0.1) is 13.8 Å². The zero-order valence-corrected chi connectivity index (χ0v) is 12.9. The van der Waals surface area contributed by atoms with E-state index in [1.165, 1.54) is 0 Å². The molecular formula is C14H24N4O2. The van der Waals surface area contributed by atoms with Gasteiger partial charge >= 0.3 is 0 Å². The number of hydrogen-bond acceptors (Lipinski definition) is 4. The molecule has 2 rings (SSSR count). The molecule has 1 aliphatic rings. The number of nitrogens with two attached hydrogens (primary N) is 1. The van der Waals surface area contributed by atoms with Crippen molar-refractivity contribution in [2.24, 2.45) is 12.8 Å². The molecule has 0 saturated carbocycles. The third kappa shape index (κ3) is 2.71. The fourth-order valence-electron chi connectivity index (χ4n) is 2.81. The molecule has 0 aromatic carbocycles. The predicted molar refractivity (Wildman–Crippen MR) is 76.6 cm³/mol. The van der Waals surface area contributed by atoms with E-state index in [0.717, 1.165) is 11.4 Å². The van der Waals surface area contributed by atoms with Crippen LogP contribution in [0.5, 0.6) is 0 Å². The van der Waals surface area contributed by atoms with Gasteiger partial charge in [-0.3, -0.25) is 9.48 Å². The Bertz CT molecular complexity index is 521. The molecule has 1 atom stereocenters. The highest BCUT2D eigenvalue weighted by Crippen LogP contribution is 2.24. The average molecular weight is 280 g/mol. The van der Waals surface area contributed by atoms with Gasteiger partial charge in [0.15, 0.2) is 0 Å². The minimum atomic E-state index is -0.373. The van der Waals surface area contributed by atoms with Crippen molar-refractivity contribution in [2.45, 2.75) is 39.4 Å². The molecule has 1 unspecified atom stereocenters. The molecule has 0 bridgehead atoms. The molecular weight excluding hydrogens is 256 g/mol. The van der Waals surface area contributed by atoms with Crippen LogP contribution in [-0.2, 0) is 11.8 Å². The van der Waals surface area contributed by atoms with Gasteiger partial charge in [-0.15, -0.1) is 0 Å². The number of carbonyl (C=O) groups excluding carboxylic acids is 1. The molecule has 1 fully saturated rings. The maximum Gasteiger partial charge on any atom is 0.257 e. The number of carbonyl (C=O) groups is 1. The van der Waals surface area contributed by atoms with Crippen molar-refractivity contribution < 1.29 is 9.53 Å². The van der Waals surface area contributed by atoms with Gasteiger partial charge in [-0.2, -0.15) is 5.10 Å². The number of amides is 1. The van der Waals surface area contributed by atoms with Gasteiger partial charge in [0.05, 0.1) is 23.0 Å². The van der Waals surface area contributed by atoms with E-state index >= 15 is 0 Å². The summed E-state index contributed by atoms with van der Waals surface area (Å²) >= 11 is 0. The van der Waals surface area contributed by atoms with Gasteiger partial charge in [-0.05, 0) is 27.7 Å². The standard InChI is InChI=1S/C14H24N4O2/c1-9-12(10(2)17(5)16-9)13(19)18-7-11(6-15)20-14(3,4)8-18/h11H,6-8,15H2,1-5H3. The van der Waals surface area contributed by atoms with Crippen LogP contribution in [0.3, 0.4) is 0 Å². The van der Waals surface area contributed by atoms with Gasteiger partial charge in [-0.1, -0.05) is 0 Å². The van der Waals surface area contributed by atoms with E-state index in [-0.39, 0.29) is 17.6 Å². The van der Waals surface area contributed by atoms with E-state index in [1.807, 2.05) is 39.6 Å². The van der Waals surface area contributed by atoms with Gasteiger partial charge in [0, 0.05) is 32.4 Å². The number of aryl methyl sites for hydroxylation is 2. The SMILES string of the molecule is Cc1nn(C)c(C)c1C(=O)N1CC(CN)OC(C)(C)C1. The summed E-state index contributed by atoms with van der Waals surface area (Å²) in [5.41, 5.74) is 7.69. The minimum Gasteiger partial charge on any atom is -0.367 e. The molecule has 0 radical (unpaired) electrons. The zero-order valence-electron chi connectivity index (χ0n) is 12.9. The van der Waals surface area contributed by atoms with E-state index < -0.39 is 0 Å². The predicted octanol–water partition coefficient (Wildman–Crippen LogP) is 0.615. The van der Waals surface area contributed by atoms with Crippen LogP contribution in [0.15, 0.2) is 0 Å². The van der Waals surface area contributed by atoms with Crippen LogP contribution in [0.25, 0.3) is 0 Å². The van der Waals surface area contributed by atoms with Crippen molar-refractivity contribution in [1.29, 1.82) is 0 Å². The number of nitrogens with zero attached hydrogens (tertiary/aromatic N) is 3. The Labute approximate surface area is 119 Å². The maximum atomic E-state index is 12.8. The summed E-state index contributed by atoms with van der Waals surface area (Å²) in [6.45, 7) is 9.27. The molecule has 2 N–H and O–H groups in total. The lowest BCUT2D eigenvalue weighted by molar-refractivity contribution is -0.122. The number of morpholine rings is 1. The minimum absolute atomic E-state index is 0.0166. The molecule has 0 aliphatic carbocycles. The second-order valence-corrected chi connectivity index (χ2v) is 6.09. The van der Waals surface area contributed by atoms with E-state index in [4.69, 9.17) is 10.5 Å².